The van der Waals surface area contributed by atoms with Crippen LogP contribution in [0, 0.1) is 27.7 Å². The molecule has 10 heteroatoms. The smallest absolute Gasteiger partial charge is 0.0826 e. The number of nitrogens with zero attached hydrogens (tertiary/aromatic N) is 4. The third-order valence-corrected chi connectivity index (χ3v) is 15.7. The number of nitrogens with one attached hydrogen (secondary N) is 4. The lowest BCUT2D eigenvalue weighted by Gasteiger charge is -2.26. The van der Waals surface area contributed by atoms with Crippen LogP contribution >= 0.6 is 0 Å². The maximum atomic E-state index is 10.0. The fraction of sp³-hybridized carbons (Fsp3) is 0.587. The van der Waals surface area contributed by atoms with Crippen molar-refractivity contribution in [2.24, 2.45) is 0 Å². The molecule has 398 valence electrons. The second-order valence-electron chi connectivity index (χ2n) is 22.6. The van der Waals surface area contributed by atoms with E-state index < -0.39 is 0 Å². The minimum absolute atomic E-state index is 0.291. The van der Waals surface area contributed by atoms with Gasteiger partial charge >= 0.3 is 0 Å². The molecule has 1 aromatic carbocycles. The predicted molar refractivity (Wildman–Crippen MR) is 309 cm³/mol. The van der Waals surface area contributed by atoms with Crippen molar-refractivity contribution in [3.05, 3.63) is 126 Å². The van der Waals surface area contributed by atoms with Crippen molar-refractivity contribution in [3.8, 4) is 0 Å². The van der Waals surface area contributed by atoms with Gasteiger partial charge in [-0.1, -0.05) is 88.3 Å². The summed E-state index contributed by atoms with van der Waals surface area (Å²) in [6, 6.07) is 4.21. The van der Waals surface area contributed by atoms with Crippen LogP contribution in [0.25, 0.3) is 0 Å². The summed E-state index contributed by atoms with van der Waals surface area (Å²) in [5, 5.41) is 33.7. The van der Waals surface area contributed by atoms with E-state index in [4.69, 9.17) is 0 Å². The fourth-order valence-corrected chi connectivity index (χ4v) is 11.5. The van der Waals surface area contributed by atoms with Crippen LogP contribution in [0.15, 0.2) is 36.9 Å². The zero-order valence-electron chi connectivity index (χ0n) is 47.8. The lowest BCUT2D eigenvalue weighted by Crippen LogP contribution is -2.18. The second-order valence-corrected chi connectivity index (χ2v) is 22.6. The highest BCUT2D eigenvalue weighted by molar-refractivity contribution is 5.63. The first-order chi connectivity index (χ1) is 34.9. The first kappa shape index (κ1) is 57.2. The summed E-state index contributed by atoms with van der Waals surface area (Å²) in [4.78, 5) is 18.2. The fourth-order valence-electron chi connectivity index (χ4n) is 11.5. The highest BCUT2D eigenvalue weighted by Gasteiger charge is 2.25. The maximum Gasteiger partial charge on any atom is 0.0826 e. The van der Waals surface area contributed by atoms with Gasteiger partial charge in [0.25, 0.3) is 0 Å². The first-order valence-corrected chi connectivity index (χ1v) is 28.3. The molecule has 1 aliphatic carbocycles. The highest BCUT2D eigenvalue weighted by atomic mass is 16.3. The number of aromatic nitrogens is 4. The van der Waals surface area contributed by atoms with Gasteiger partial charge in [-0.15, -0.1) is 0 Å². The molecular weight excluding hydrogens is 901 g/mol. The lowest BCUT2D eigenvalue weighted by molar-refractivity contribution is 0.154. The van der Waals surface area contributed by atoms with Crippen LogP contribution in [0.2, 0.25) is 0 Å². The average molecular weight is 995 g/mol. The number of hydrogen-bond acceptors (Lipinski definition) is 10. The van der Waals surface area contributed by atoms with Crippen molar-refractivity contribution in [1.29, 1.82) is 0 Å². The van der Waals surface area contributed by atoms with E-state index in [9.17, 15) is 10.2 Å². The molecular formula is C63H94N8O2. The predicted octanol–water partition coefficient (Wildman–Crippen LogP) is 14.7. The minimum atomic E-state index is -0.292. The molecule has 0 bridgehead atoms. The summed E-state index contributed by atoms with van der Waals surface area (Å²) in [5.74, 6) is 2.72. The lowest BCUT2D eigenvalue weighted by atomic mass is 9.86. The summed E-state index contributed by atoms with van der Waals surface area (Å²) in [6.07, 6.45) is 19.5. The van der Waals surface area contributed by atoms with Crippen molar-refractivity contribution in [3.63, 3.8) is 0 Å². The standard InChI is InChI=1S/C13H20N2.2C13H19NO.2C12H18N2/c1-4-10-11(9(2)3)8-15-12-6-5-7-14-13(10)12;1-8(2)10-4-5-11-12(15)6-7-14-13(11)9(10)3;1-8(2)10-7-14-11-5-4-6-12(15)13(11)9(10)3;2*1-8(2)10-7-14-11-5-4-6-13-12(11)9(10)3/h8-9,14H,4-7H2,1-3H3;4-5,8,12,14-15H,6-7H2,1-3H3;7-8,12,15H,4-6H2,1-3H3;2*7-8,13H,4-6H2,1-3H3. The minimum Gasteiger partial charge on any atom is -0.388 e. The number of fused-ring (bicyclic) bond motifs is 5. The van der Waals surface area contributed by atoms with Gasteiger partial charge in [0.2, 0.25) is 0 Å². The van der Waals surface area contributed by atoms with Gasteiger partial charge in [-0.25, -0.2) is 0 Å². The van der Waals surface area contributed by atoms with Crippen LogP contribution in [0.5, 0.6) is 0 Å². The molecule has 0 amide bonds. The Morgan fingerprint density at radius 2 is 0.836 bits per heavy atom. The first-order valence-electron chi connectivity index (χ1n) is 28.3. The Labute approximate surface area is 441 Å². The third-order valence-electron chi connectivity index (χ3n) is 15.7. The zero-order chi connectivity index (χ0) is 53.1. The molecule has 6 N–H and O–H groups in total. The van der Waals surface area contributed by atoms with Crippen LogP contribution in [0.4, 0.5) is 22.7 Å². The monoisotopic (exact) mass is 995 g/mol. The van der Waals surface area contributed by atoms with E-state index in [0.29, 0.717) is 29.6 Å². The molecule has 0 saturated heterocycles. The number of aliphatic hydroxyl groups excluding tert-OH is 2. The van der Waals surface area contributed by atoms with Crippen LogP contribution in [0.1, 0.15) is 246 Å². The number of hydrogen-bond donors (Lipinski definition) is 6. The normalized spacial score (nSPS) is 17.2. The maximum absolute atomic E-state index is 10.0. The van der Waals surface area contributed by atoms with E-state index in [0.717, 1.165) is 100 Å². The molecule has 10 nitrogen and oxygen atoms in total. The van der Waals surface area contributed by atoms with Gasteiger partial charge in [0, 0.05) is 73.5 Å². The number of pyridine rings is 4. The van der Waals surface area contributed by atoms with Gasteiger partial charge in [0.05, 0.1) is 46.4 Å². The van der Waals surface area contributed by atoms with E-state index >= 15 is 0 Å². The topological polar surface area (TPSA) is 140 Å². The Hall–Kier alpha value is -5.06. The highest BCUT2D eigenvalue weighted by Crippen LogP contribution is 2.38. The number of benzene rings is 1. The second kappa shape index (κ2) is 26.4. The average Bonchev–Trinajstić information content (AvgIpc) is 3.37. The molecule has 0 radical (unpaired) electrons. The van der Waals surface area contributed by atoms with Gasteiger partial charge in [0.1, 0.15) is 0 Å². The number of rotatable bonds is 6. The summed E-state index contributed by atoms with van der Waals surface area (Å²) in [6.45, 7) is 37.2. The van der Waals surface area contributed by atoms with Crippen LogP contribution in [-0.4, -0.2) is 56.3 Å². The summed E-state index contributed by atoms with van der Waals surface area (Å²) in [5.41, 5.74) is 25.7. The Bertz CT molecular complexity index is 2550. The third kappa shape index (κ3) is 13.8. The van der Waals surface area contributed by atoms with Gasteiger partial charge in [-0.05, 0) is 184 Å². The number of anilines is 4. The van der Waals surface area contributed by atoms with Gasteiger partial charge in [0.15, 0.2) is 0 Å². The van der Waals surface area contributed by atoms with Crippen LogP contribution in [0.3, 0.4) is 0 Å². The van der Waals surface area contributed by atoms with Crippen LogP contribution < -0.4 is 21.3 Å². The van der Waals surface area contributed by atoms with E-state index in [1.165, 1.54) is 109 Å². The molecule has 2 unspecified atom stereocenters. The Kier molecular flexibility index (Phi) is 20.7. The molecule has 2 atom stereocenters. The molecule has 4 aromatic heterocycles. The van der Waals surface area contributed by atoms with Gasteiger partial charge < -0.3 is 31.5 Å². The molecule has 5 aliphatic rings. The Morgan fingerprint density at radius 3 is 1.32 bits per heavy atom. The summed E-state index contributed by atoms with van der Waals surface area (Å²) >= 11 is 0. The number of aliphatic hydroxyl groups is 2. The SMILES string of the molecule is CCc1c(C(C)C)cnc2c1NCCC2.Cc1c(C(C)C)ccc2c1NCCC2O.Cc1c(C(C)C)cnc2c1C(O)CCC2.Cc1c(C(C)C)cnc2c1NCCC2.Cc1c(C(C)C)cnc2c1NCCC2. The largest absolute Gasteiger partial charge is 0.388 e. The molecule has 0 spiro atoms. The quantitative estimate of drug-likeness (QED) is 0.0974. The van der Waals surface area contributed by atoms with Crippen molar-refractivity contribution >= 4 is 22.7 Å². The Morgan fingerprint density at radius 1 is 0.438 bits per heavy atom. The summed E-state index contributed by atoms with van der Waals surface area (Å²) < 4.78 is 0. The van der Waals surface area contributed by atoms with E-state index in [1.54, 1.807) is 0 Å². The molecule has 4 aliphatic heterocycles. The molecule has 0 fully saturated rings. The van der Waals surface area contributed by atoms with Crippen molar-refractivity contribution in [2.75, 3.05) is 47.4 Å². The zero-order valence-corrected chi connectivity index (χ0v) is 47.8. The molecule has 8 heterocycles. The summed E-state index contributed by atoms with van der Waals surface area (Å²) in [7, 11) is 0. The van der Waals surface area contributed by atoms with Crippen molar-refractivity contribution in [1.82, 2.24) is 19.9 Å². The van der Waals surface area contributed by atoms with E-state index in [-0.39, 0.29) is 12.2 Å². The van der Waals surface area contributed by atoms with Crippen LogP contribution in [-0.2, 0) is 32.1 Å². The van der Waals surface area contributed by atoms with Crippen molar-refractivity contribution in [2.45, 2.75) is 216 Å². The Balaban J connectivity index is 0.000000149. The molecule has 73 heavy (non-hydrogen) atoms. The van der Waals surface area contributed by atoms with Gasteiger partial charge in [-0.3, -0.25) is 19.9 Å². The van der Waals surface area contributed by atoms with E-state index in [2.05, 4.69) is 163 Å². The molecule has 10 rings (SSSR count). The molecule has 0 saturated carbocycles. The van der Waals surface area contributed by atoms with E-state index in [1.807, 2.05) is 18.6 Å². The molecule has 5 aromatic rings. The van der Waals surface area contributed by atoms with Crippen molar-refractivity contribution < 1.29 is 10.2 Å². The van der Waals surface area contributed by atoms with Gasteiger partial charge in [-0.2, -0.15) is 0 Å². The number of aryl methyl sites for hydroxylation is 4.